The second kappa shape index (κ2) is 8.36. The van der Waals surface area contributed by atoms with E-state index in [9.17, 15) is 9.59 Å². The Kier molecular flexibility index (Phi) is 6.49. The van der Waals surface area contributed by atoms with Gasteiger partial charge in [-0.15, -0.1) is 0 Å². The van der Waals surface area contributed by atoms with Crippen molar-refractivity contribution >= 4 is 12.0 Å². The maximum Gasteiger partial charge on any atom is 0.407 e. The van der Waals surface area contributed by atoms with Crippen LogP contribution in [-0.4, -0.2) is 42.9 Å². The molecule has 22 heavy (non-hydrogen) atoms. The van der Waals surface area contributed by atoms with Gasteiger partial charge in [-0.1, -0.05) is 38.5 Å². The lowest BCUT2D eigenvalue weighted by atomic mass is 9.86. The highest BCUT2D eigenvalue weighted by atomic mass is 16.7. The van der Waals surface area contributed by atoms with E-state index in [0.717, 1.165) is 18.8 Å². The van der Waals surface area contributed by atoms with Gasteiger partial charge in [0.05, 0.1) is 19.8 Å². The van der Waals surface area contributed by atoms with Gasteiger partial charge >= 0.3 is 6.09 Å². The van der Waals surface area contributed by atoms with Gasteiger partial charge in [0.2, 0.25) is 0 Å². The van der Waals surface area contributed by atoms with Crippen LogP contribution in [0.1, 0.15) is 58.3 Å². The predicted molar refractivity (Wildman–Crippen MR) is 82.0 cm³/mol. The summed E-state index contributed by atoms with van der Waals surface area (Å²) >= 11 is 0. The fourth-order valence-electron chi connectivity index (χ4n) is 3.38. The van der Waals surface area contributed by atoms with Gasteiger partial charge in [0.15, 0.2) is 0 Å². The Bertz CT molecular complexity index is 382. The third kappa shape index (κ3) is 4.35. The minimum absolute atomic E-state index is 0.156. The molecule has 0 spiro atoms. The molecule has 2 aliphatic rings. The van der Waals surface area contributed by atoms with Crippen LogP contribution >= 0.6 is 0 Å². The molecule has 0 radical (unpaired) electrons. The van der Waals surface area contributed by atoms with E-state index in [0.29, 0.717) is 6.61 Å². The largest absolute Gasteiger partial charge is 0.450 e. The van der Waals surface area contributed by atoms with Gasteiger partial charge in [-0.05, 0) is 25.7 Å². The number of ether oxygens (including phenoxy) is 1. The average Bonchev–Trinajstić information content (AvgIpc) is 2.54. The number of carbonyl (C=O) groups is 2. The maximum atomic E-state index is 11.7. The molecule has 126 valence electrons. The molecule has 1 saturated heterocycles. The molecular weight excluding hydrogens is 284 g/mol. The number of alkyl carbamates (subject to hydrolysis) is 1. The summed E-state index contributed by atoms with van der Waals surface area (Å²) in [6.07, 6.45) is 9.57. The highest BCUT2D eigenvalue weighted by molar-refractivity contribution is 5.91. The van der Waals surface area contributed by atoms with E-state index in [4.69, 9.17) is 9.57 Å². The Labute approximate surface area is 132 Å². The summed E-state index contributed by atoms with van der Waals surface area (Å²) in [4.78, 5) is 28.2. The molecule has 0 aromatic carbocycles. The van der Waals surface area contributed by atoms with Crippen LogP contribution in [0.3, 0.4) is 0 Å². The first-order valence-electron chi connectivity index (χ1n) is 8.44. The lowest BCUT2D eigenvalue weighted by molar-refractivity contribution is -0.219. The molecule has 2 atom stereocenters. The predicted octanol–water partition coefficient (Wildman–Crippen LogP) is 2.62. The molecule has 0 aromatic rings. The van der Waals surface area contributed by atoms with E-state index in [-0.39, 0.29) is 11.9 Å². The third-order valence-corrected chi connectivity index (χ3v) is 4.77. The summed E-state index contributed by atoms with van der Waals surface area (Å²) in [5.41, 5.74) is 0. The van der Waals surface area contributed by atoms with Gasteiger partial charge in [0.1, 0.15) is 6.04 Å². The van der Waals surface area contributed by atoms with Crippen LogP contribution in [0.4, 0.5) is 4.79 Å². The van der Waals surface area contributed by atoms with Crippen molar-refractivity contribution in [1.29, 1.82) is 0 Å². The minimum Gasteiger partial charge on any atom is -0.450 e. The summed E-state index contributed by atoms with van der Waals surface area (Å²) in [5.74, 6) is 0.639. The molecule has 1 N–H and O–H groups in total. The number of nitrogens with zero attached hydrogens (tertiary/aromatic N) is 1. The van der Waals surface area contributed by atoms with Crippen molar-refractivity contribution < 1.29 is 19.2 Å². The molecule has 6 nitrogen and oxygen atoms in total. The number of carbonyl (C=O) groups excluding carboxylic acids is 2. The Morgan fingerprint density at radius 3 is 2.64 bits per heavy atom. The van der Waals surface area contributed by atoms with Gasteiger partial charge < -0.3 is 10.1 Å². The summed E-state index contributed by atoms with van der Waals surface area (Å²) in [7, 11) is 1.44. The highest BCUT2D eigenvalue weighted by Gasteiger charge is 2.46. The lowest BCUT2D eigenvalue weighted by Crippen LogP contribution is -2.69. The van der Waals surface area contributed by atoms with Crippen molar-refractivity contribution in [2.24, 2.45) is 5.92 Å². The Hall–Kier alpha value is -1.30. The van der Waals surface area contributed by atoms with Crippen molar-refractivity contribution in [3.05, 3.63) is 0 Å². The highest BCUT2D eigenvalue weighted by Crippen LogP contribution is 2.27. The number of nitrogens with one attached hydrogen (secondary N) is 1. The van der Waals surface area contributed by atoms with Gasteiger partial charge in [-0.2, -0.15) is 0 Å². The number of hydrogen-bond acceptors (Lipinski definition) is 4. The van der Waals surface area contributed by atoms with Crippen molar-refractivity contribution in [2.45, 2.75) is 70.4 Å². The number of hydrogen-bond donors (Lipinski definition) is 1. The van der Waals surface area contributed by atoms with E-state index in [2.05, 4.69) is 5.32 Å². The molecule has 6 heteroatoms. The molecule has 0 bridgehead atoms. The lowest BCUT2D eigenvalue weighted by Gasteiger charge is -2.42. The van der Waals surface area contributed by atoms with Gasteiger partial charge in [-0.3, -0.25) is 9.63 Å². The van der Waals surface area contributed by atoms with Crippen LogP contribution in [0.15, 0.2) is 0 Å². The van der Waals surface area contributed by atoms with Crippen molar-refractivity contribution in [3.8, 4) is 0 Å². The molecule has 1 saturated carbocycles. The smallest absolute Gasteiger partial charge is 0.407 e. The number of amides is 2. The van der Waals surface area contributed by atoms with Crippen molar-refractivity contribution in [3.63, 3.8) is 0 Å². The zero-order chi connectivity index (χ0) is 15.9. The van der Waals surface area contributed by atoms with E-state index in [1.54, 1.807) is 0 Å². The van der Waals surface area contributed by atoms with E-state index in [1.807, 2.05) is 6.92 Å². The molecular formula is C16H28N2O4. The van der Waals surface area contributed by atoms with Crippen LogP contribution < -0.4 is 5.32 Å². The summed E-state index contributed by atoms with van der Waals surface area (Å²) < 4.78 is 5.14. The topological polar surface area (TPSA) is 67.9 Å². The molecule has 1 heterocycles. The first-order valence-corrected chi connectivity index (χ1v) is 8.44. The molecule has 2 amide bonds. The van der Waals surface area contributed by atoms with Gasteiger partial charge in [0.25, 0.3) is 5.91 Å². The van der Waals surface area contributed by atoms with E-state index >= 15 is 0 Å². The van der Waals surface area contributed by atoms with Crippen LogP contribution in [0.2, 0.25) is 0 Å². The van der Waals surface area contributed by atoms with Crippen molar-refractivity contribution in [2.75, 3.05) is 13.7 Å². The molecule has 0 unspecified atom stereocenters. The van der Waals surface area contributed by atoms with E-state index < -0.39 is 12.1 Å². The maximum absolute atomic E-state index is 11.7. The normalized spacial score (nSPS) is 25.7. The van der Waals surface area contributed by atoms with Gasteiger partial charge in [0, 0.05) is 0 Å². The number of β-lactam (4-membered cyclic amide) rings is 1. The van der Waals surface area contributed by atoms with Crippen LogP contribution in [0, 0.1) is 5.92 Å². The zero-order valence-corrected chi connectivity index (χ0v) is 13.7. The molecule has 2 fully saturated rings. The molecule has 0 aromatic heterocycles. The summed E-state index contributed by atoms with van der Waals surface area (Å²) in [6.45, 7) is 2.24. The summed E-state index contributed by atoms with van der Waals surface area (Å²) in [6, 6.07) is -0.689. The second-order valence-electron chi connectivity index (χ2n) is 6.34. The van der Waals surface area contributed by atoms with Crippen LogP contribution in [0.25, 0.3) is 0 Å². The Morgan fingerprint density at radius 2 is 2.00 bits per heavy atom. The molecule has 2 rings (SSSR count). The SMILES string of the molecule is CON1C(=O)[C@@H](NC(=O)OCCCCC2CCCCC2)[C@H]1C. The fourth-order valence-corrected chi connectivity index (χ4v) is 3.38. The standard InChI is InChI=1S/C16H28N2O4/c1-12-14(15(19)18(12)21-2)17-16(20)22-11-7-6-10-13-8-4-3-5-9-13/h12-14H,3-11H2,1-2H3,(H,17,20)/t12-,14+/m1/s1. The summed E-state index contributed by atoms with van der Waals surface area (Å²) in [5, 5.41) is 3.83. The van der Waals surface area contributed by atoms with Crippen LogP contribution in [0.5, 0.6) is 0 Å². The van der Waals surface area contributed by atoms with Crippen molar-refractivity contribution in [1.82, 2.24) is 10.4 Å². The fraction of sp³-hybridized carbons (Fsp3) is 0.875. The monoisotopic (exact) mass is 312 g/mol. The molecule has 1 aliphatic carbocycles. The van der Waals surface area contributed by atoms with E-state index in [1.165, 1.54) is 50.7 Å². The average molecular weight is 312 g/mol. The molecule has 1 aliphatic heterocycles. The number of rotatable bonds is 7. The Morgan fingerprint density at radius 1 is 1.27 bits per heavy atom. The van der Waals surface area contributed by atoms with Crippen LogP contribution in [-0.2, 0) is 14.4 Å². The first-order chi connectivity index (χ1) is 10.6. The second-order valence-corrected chi connectivity index (χ2v) is 6.34. The number of hydroxylamine groups is 2. The quantitative estimate of drug-likeness (QED) is 0.579. The first kappa shape index (κ1) is 17.1. The zero-order valence-electron chi connectivity index (χ0n) is 13.7. The van der Waals surface area contributed by atoms with Gasteiger partial charge in [-0.25, -0.2) is 9.86 Å². The Balaban J connectivity index is 1.52. The third-order valence-electron chi connectivity index (χ3n) is 4.77. The number of unbranched alkanes of at least 4 members (excludes halogenated alkanes) is 1. The minimum atomic E-state index is -0.533.